The average Bonchev–Trinajstić information content (AvgIpc) is 2.70. The Morgan fingerprint density at radius 3 is 2.78 bits per heavy atom. The highest BCUT2D eigenvalue weighted by Crippen LogP contribution is 2.03. The second-order valence-corrected chi connectivity index (χ2v) is 4.22. The zero-order valence-corrected chi connectivity index (χ0v) is 10.7. The van der Waals surface area contributed by atoms with Gasteiger partial charge in [-0.15, -0.1) is 0 Å². The predicted octanol–water partition coefficient (Wildman–Crippen LogP) is 0.722. The van der Waals surface area contributed by atoms with Gasteiger partial charge in [-0.3, -0.25) is 9.48 Å². The molecule has 0 radical (unpaired) electrons. The summed E-state index contributed by atoms with van der Waals surface area (Å²) in [5.41, 5.74) is 0.757. The van der Waals surface area contributed by atoms with Crippen LogP contribution in [0.2, 0.25) is 0 Å². The van der Waals surface area contributed by atoms with Crippen molar-refractivity contribution < 1.29 is 14.7 Å². The molecule has 0 aromatic carbocycles. The molecule has 1 aromatic heterocycles. The van der Waals surface area contributed by atoms with E-state index in [1.165, 1.54) is 0 Å². The lowest BCUT2D eigenvalue weighted by molar-refractivity contribution is -0.142. The van der Waals surface area contributed by atoms with Crippen LogP contribution in [0.1, 0.15) is 31.9 Å². The Morgan fingerprint density at radius 1 is 1.56 bits per heavy atom. The van der Waals surface area contributed by atoms with Gasteiger partial charge in [0.1, 0.15) is 6.04 Å². The maximum absolute atomic E-state index is 11.7. The number of aryl methyl sites for hydroxylation is 1. The first-order valence-electron chi connectivity index (χ1n) is 6.03. The summed E-state index contributed by atoms with van der Waals surface area (Å²) < 4.78 is 1.60. The molecule has 1 amide bonds. The molecule has 18 heavy (non-hydrogen) atoms. The Balaban J connectivity index is 2.51. The molecular formula is C12H19N3O3. The zero-order chi connectivity index (χ0) is 13.5. The quantitative estimate of drug-likeness (QED) is 0.750. The summed E-state index contributed by atoms with van der Waals surface area (Å²) in [6, 6.07) is 0.937. The van der Waals surface area contributed by atoms with E-state index in [1.807, 2.05) is 6.92 Å². The molecule has 0 saturated heterocycles. The van der Waals surface area contributed by atoms with Crippen LogP contribution in [0.15, 0.2) is 12.3 Å². The fourth-order valence-corrected chi connectivity index (χ4v) is 1.65. The van der Waals surface area contributed by atoms with Crippen molar-refractivity contribution in [3.63, 3.8) is 0 Å². The van der Waals surface area contributed by atoms with E-state index in [1.54, 1.807) is 24.0 Å². The monoisotopic (exact) mass is 253 g/mol. The molecule has 100 valence electrons. The lowest BCUT2D eigenvalue weighted by Crippen LogP contribution is -2.41. The maximum Gasteiger partial charge on any atom is 0.326 e. The number of amides is 1. The van der Waals surface area contributed by atoms with Gasteiger partial charge in [0.05, 0.1) is 6.42 Å². The number of hydrogen-bond donors (Lipinski definition) is 2. The first kappa shape index (κ1) is 14.2. The summed E-state index contributed by atoms with van der Waals surface area (Å²) in [4.78, 5) is 22.7. The van der Waals surface area contributed by atoms with Crippen molar-refractivity contribution in [2.45, 2.75) is 38.6 Å². The number of aromatic nitrogens is 2. The lowest BCUT2D eigenvalue weighted by Gasteiger charge is -2.14. The number of nitrogens with zero attached hydrogens (tertiary/aromatic N) is 2. The number of carboxylic acids is 1. The van der Waals surface area contributed by atoms with E-state index >= 15 is 0 Å². The largest absolute Gasteiger partial charge is 0.480 e. The van der Waals surface area contributed by atoms with Crippen LogP contribution in [-0.2, 0) is 23.1 Å². The fraction of sp³-hybridized carbons (Fsp3) is 0.583. The number of aliphatic carboxylic acids is 1. The van der Waals surface area contributed by atoms with Gasteiger partial charge in [0.25, 0.3) is 0 Å². The third-order valence-corrected chi connectivity index (χ3v) is 2.74. The minimum atomic E-state index is -0.984. The van der Waals surface area contributed by atoms with Gasteiger partial charge in [-0.1, -0.05) is 19.8 Å². The third-order valence-electron chi connectivity index (χ3n) is 2.74. The Labute approximate surface area is 106 Å². The second-order valence-electron chi connectivity index (χ2n) is 4.22. The molecule has 2 N–H and O–H groups in total. The van der Waals surface area contributed by atoms with E-state index in [4.69, 9.17) is 5.11 Å². The molecule has 0 saturated carbocycles. The maximum atomic E-state index is 11.7. The molecule has 0 fully saturated rings. The van der Waals surface area contributed by atoms with E-state index in [9.17, 15) is 9.59 Å². The third kappa shape index (κ3) is 4.20. The van der Waals surface area contributed by atoms with Crippen molar-refractivity contribution in [1.29, 1.82) is 0 Å². The Hall–Kier alpha value is -1.85. The van der Waals surface area contributed by atoms with Gasteiger partial charge in [-0.2, -0.15) is 5.10 Å². The van der Waals surface area contributed by atoms with Gasteiger partial charge < -0.3 is 10.4 Å². The molecule has 1 heterocycles. The van der Waals surface area contributed by atoms with Crippen molar-refractivity contribution in [3.05, 3.63) is 18.0 Å². The molecular weight excluding hydrogens is 234 g/mol. The molecule has 1 aromatic rings. The number of carboxylic acid groups (broad SMARTS) is 1. The van der Waals surface area contributed by atoms with Gasteiger partial charge in [0, 0.05) is 18.9 Å². The minimum absolute atomic E-state index is 0.145. The predicted molar refractivity (Wildman–Crippen MR) is 66.0 cm³/mol. The number of hydrogen-bond acceptors (Lipinski definition) is 3. The van der Waals surface area contributed by atoms with Gasteiger partial charge in [0.2, 0.25) is 5.91 Å². The number of rotatable bonds is 7. The van der Waals surface area contributed by atoms with E-state index in [0.29, 0.717) is 6.42 Å². The van der Waals surface area contributed by atoms with Crippen LogP contribution in [0.5, 0.6) is 0 Å². The van der Waals surface area contributed by atoms with Gasteiger partial charge in [-0.05, 0) is 12.5 Å². The SMILES string of the molecule is CCCCC(NC(=O)Cc1ccnn1C)C(=O)O. The van der Waals surface area contributed by atoms with Crippen LogP contribution in [0.3, 0.4) is 0 Å². The van der Waals surface area contributed by atoms with Crippen LogP contribution < -0.4 is 5.32 Å². The summed E-state index contributed by atoms with van der Waals surface area (Å²) >= 11 is 0. The summed E-state index contributed by atoms with van der Waals surface area (Å²) in [6.07, 6.45) is 3.90. The fourth-order valence-electron chi connectivity index (χ4n) is 1.65. The normalized spacial score (nSPS) is 12.1. The number of carbonyl (C=O) groups is 2. The van der Waals surface area contributed by atoms with E-state index in [0.717, 1.165) is 18.5 Å². The topological polar surface area (TPSA) is 84.2 Å². The highest BCUT2D eigenvalue weighted by atomic mass is 16.4. The molecule has 6 nitrogen and oxygen atoms in total. The minimum Gasteiger partial charge on any atom is -0.480 e. The number of carbonyl (C=O) groups excluding carboxylic acids is 1. The molecule has 1 unspecified atom stereocenters. The number of unbranched alkanes of at least 4 members (excludes halogenated alkanes) is 1. The molecule has 0 spiro atoms. The summed E-state index contributed by atoms with van der Waals surface area (Å²) in [5, 5.41) is 15.5. The van der Waals surface area contributed by atoms with Crippen molar-refractivity contribution >= 4 is 11.9 Å². The van der Waals surface area contributed by atoms with Crippen LogP contribution in [0, 0.1) is 0 Å². The van der Waals surface area contributed by atoms with Gasteiger partial charge in [-0.25, -0.2) is 4.79 Å². The molecule has 0 bridgehead atoms. The van der Waals surface area contributed by atoms with Gasteiger partial charge >= 0.3 is 5.97 Å². The first-order valence-corrected chi connectivity index (χ1v) is 6.03. The van der Waals surface area contributed by atoms with Crippen LogP contribution in [0.25, 0.3) is 0 Å². The number of nitrogens with one attached hydrogen (secondary N) is 1. The Morgan fingerprint density at radius 2 is 2.28 bits per heavy atom. The molecule has 0 aliphatic rings. The summed E-state index contributed by atoms with van der Waals surface area (Å²) in [6.45, 7) is 1.98. The van der Waals surface area contributed by atoms with Crippen LogP contribution in [0.4, 0.5) is 0 Å². The second kappa shape index (κ2) is 6.78. The standard InChI is InChI=1S/C12H19N3O3/c1-3-4-5-10(12(17)18)14-11(16)8-9-6-7-13-15(9)2/h6-7,10H,3-5,8H2,1-2H3,(H,14,16)(H,17,18). The van der Waals surface area contributed by atoms with Gasteiger partial charge in [0.15, 0.2) is 0 Å². The molecule has 6 heteroatoms. The van der Waals surface area contributed by atoms with Crippen molar-refractivity contribution in [3.8, 4) is 0 Å². The highest BCUT2D eigenvalue weighted by Gasteiger charge is 2.19. The summed E-state index contributed by atoms with van der Waals surface area (Å²) in [5.74, 6) is -1.27. The van der Waals surface area contributed by atoms with Crippen LogP contribution >= 0.6 is 0 Å². The van der Waals surface area contributed by atoms with E-state index < -0.39 is 12.0 Å². The first-order chi connectivity index (χ1) is 8.54. The smallest absolute Gasteiger partial charge is 0.326 e. The lowest BCUT2D eigenvalue weighted by atomic mass is 10.1. The molecule has 0 aliphatic carbocycles. The molecule has 0 aliphatic heterocycles. The van der Waals surface area contributed by atoms with E-state index in [-0.39, 0.29) is 12.3 Å². The van der Waals surface area contributed by atoms with Crippen molar-refractivity contribution in [2.75, 3.05) is 0 Å². The van der Waals surface area contributed by atoms with Crippen molar-refractivity contribution in [2.24, 2.45) is 7.05 Å². The van der Waals surface area contributed by atoms with Crippen LogP contribution in [-0.4, -0.2) is 32.8 Å². The average molecular weight is 253 g/mol. The highest BCUT2D eigenvalue weighted by molar-refractivity contribution is 5.84. The van der Waals surface area contributed by atoms with Crippen molar-refractivity contribution in [1.82, 2.24) is 15.1 Å². The Bertz CT molecular complexity index is 414. The Kier molecular flexibility index (Phi) is 5.35. The zero-order valence-electron chi connectivity index (χ0n) is 10.7. The molecule has 1 rings (SSSR count). The molecule has 1 atom stereocenters. The van der Waals surface area contributed by atoms with E-state index in [2.05, 4.69) is 10.4 Å². The summed E-state index contributed by atoms with van der Waals surface area (Å²) in [7, 11) is 1.74.